The van der Waals surface area contributed by atoms with Gasteiger partial charge in [0.15, 0.2) is 0 Å². The van der Waals surface area contributed by atoms with E-state index in [9.17, 15) is 0 Å². The number of nitrogens with zero attached hydrogens (tertiary/aromatic N) is 1. The highest BCUT2D eigenvalue weighted by Gasteiger charge is 2.03. The second kappa shape index (κ2) is 7.76. The molecule has 0 aliphatic carbocycles. The predicted octanol–water partition coefficient (Wildman–Crippen LogP) is 4.64. The number of benzene rings is 1. The van der Waals surface area contributed by atoms with E-state index in [1.54, 1.807) is 0 Å². The largest absolute Gasteiger partial charge is 0.383 e. The Morgan fingerprint density at radius 2 is 2.06 bits per heavy atom. The molecule has 0 aliphatic heterocycles. The number of anilines is 1. The molecule has 0 aliphatic rings. The van der Waals surface area contributed by atoms with Gasteiger partial charge >= 0.3 is 0 Å². The van der Waals surface area contributed by atoms with Crippen molar-refractivity contribution < 1.29 is 0 Å². The Morgan fingerprint density at radius 1 is 1.28 bits per heavy atom. The van der Waals surface area contributed by atoms with E-state index < -0.39 is 0 Å². The Balaban J connectivity index is 2.42. The Hall–Kier alpha value is -1.49. The third kappa shape index (κ3) is 4.79. The summed E-state index contributed by atoms with van der Waals surface area (Å²) in [6.45, 7) is 6.44. The van der Waals surface area contributed by atoms with Crippen LogP contribution in [0.5, 0.6) is 0 Å². The van der Waals surface area contributed by atoms with Crippen molar-refractivity contribution in [3.8, 4) is 6.07 Å². The van der Waals surface area contributed by atoms with Crippen LogP contribution < -0.4 is 5.32 Å². The third-order valence-electron chi connectivity index (χ3n) is 3.25. The zero-order valence-corrected chi connectivity index (χ0v) is 11.8. The summed E-state index contributed by atoms with van der Waals surface area (Å²) in [5, 5.41) is 12.4. The van der Waals surface area contributed by atoms with Crippen molar-refractivity contribution in [1.82, 2.24) is 0 Å². The highest BCUT2D eigenvalue weighted by molar-refractivity contribution is 5.51. The van der Waals surface area contributed by atoms with E-state index in [2.05, 4.69) is 31.3 Å². The van der Waals surface area contributed by atoms with E-state index in [1.165, 1.54) is 32.1 Å². The molecule has 18 heavy (non-hydrogen) atoms. The fourth-order valence-electron chi connectivity index (χ4n) is 2.11. The quantitative estimate of drug-likeness (QED) is 0.709. The van der Waals surface area contributed by atoms with Gasteiger partial charge in [-0.05, 0) is 44.0 Å². The molecule has 1 N–H and O–H groups in total. The van der Waals surface area contributed by atoms with Gasteiger partial charge in [0, 0.05) is 11.7 Å². The molecule has 0 heterocycles. The SMILES string of the molecule is CCCCCCC(C)Nc1ccc(C#N)c(C)c1. The topological polar surface area (TPSA) is 35.8 Å². The summed E-state index contributed by atoms with van der Waals surface area (Å²) in [4.78, 5) is 0. The Morgan fingerprint density at radius 3 is 2.67 bits per heavy atom. The van der Waals surface area contributed by atoms with Gasteiger partial charge < -0.3 is 5.32 Å². The molecule has 0 aromatic heterocycles. The highest BCUT2D eigenvalue weighted by Crippen LogP contribution is 2.16. The molecular formula is C16H24N2. The van der Waals surface area contributed by atoms with Crippen LogP contribution in [-0.2, 0) is 0 Å². The van der Waals surface area contributed by atoms with Gasteiger partial charge in [-0.2, -0.15) is 5.26 Å². The van der Waals surface area contributed by atoms with Gasteiger partial charge in [-0.15, -0.1) is 0 Å². The van der Waals surface area contributed by atoms with E-state index in [0.29, 0.717) is 6.04 Å². The lowest BCUT2D eigenvalue weighted by Gasteiger charge is -2.15. The first kappa shape index (κ1) is 14.6. The summed E-state index contributed by atoms with van der Waals surface area (Å²) >= 11 is 0. The van der Waals surface area contributed by atoms with Gasteiger partial charge in [0.1, 0.15) is 0 Å². The molecule has 2 heteroatoms. The van der Waals surface area contributed by atoms with Crippen molar-refractivity contribution in [1.29, 1.82) is 5.26 Å². The van der Waals surface area contributed by atoms with E-state index in [0.717, 1.165) is 16.8 Å². The highest BCUT2D eigenvalue weighted by atomic mass is 14.9. The first-order chi connectivity index (χ1) is 8.67. The maximum Gasteiger partial charge on any atom is 0.0994 e. The van der Waals surface area contributed by atoms with Crippen LogP contribution in [0.25, 0.3) is 0 Å². The molecule has 0 spiro atoms. The Kier molecular flexibility index (Phi) is 6.28. The summed E-state index contributed by atoms with van der Waals surface area (Å²) in [5.41, 5.74) is 2.92. The van der Waals surface area contributed by atoms with Gasteiger partial charge in [0.05, 0.1) is 11.6 Å². The van der Waals surface area contributed by atoms with E-state index in [4.69, 9.17) is 5.26 Å². The minimum atomic E-state index is 0.495. The van der Waals surface area contributed by atoms with E-state index in [1.807, 2.05) is 19.1 Å². The molecule has 0 saturated heterocycles. The van der Waals surface area contributed by atoms with Crippen LogP contribution in [0.4, 0.5) is 5.69 Å². The number of nitrogens with one attached hydrogen (secondary N) is 1. The summed E-state index contributed by atoms with van der Waals surface area (Å²) in [6, 6.07) is 8.63. The van der Waals surface area contributed by atoms with Crippen LogP contribution in [0.15, 0.2) is 18.2 Å². The molecule has 98 valence electrons. The minimum absolute atomic E-state index is 0.495. The van der Waals surface area contributed by atoms with Crippen molar-refractivity contribution in [2.24, 2.45) is 0 Å². The maximum absolute atomic E-state index is 8.89. The normalized spacial score (nSPS) is 11.9. The molecule has 1 aromatic carbocycles. The van der Waals surface area contributed by atoms with E-state index >= 15 is 0 Å². The first-order valence-corrected chi connectivity index (χ1v) is 6.94. The lowest BCUT2D eigenvalue weighted by molar-refractivity contribution is 0.594. The smallest absolute Gasteiger partial charge is 0.0994 e. The second-order valence-electron chi connectivity index (χ2n) is 5.04. The van der Waals surface area contributed by atoms with Crippen LogP contribution in [0.3, 0.4) is 0 Å². The average Bonchev–Trinajstić information content (AvgIpc) is 2.35. The molecule has 0 radical (unpaired) electrons. The van der Waals surface area contributed by atoms with Gasteiger partial charge in [-0.3, -0.25) is 0 Å². The number of rotatable bonds is 7. The fourth-order valence-corrected chi connectivity index (χ4v) is 2.11. The van der Waals surface area contributed by atoms with Gasteiger partial charge in [0.2, 0.25) is 0 Å². The number of hydrogen-bond donors (Lipinski definition) is 1. The van der Waals surface area contributed by atoms with Crippen molar-refractivity contribution in [3.63, 3.8) is 0 Å². The lowest BCUT2D eigenvalue weighted by Crippen LogP contribution is -2.14. The molecule has 2 nitrogen and oxygen atoms in total. The van der Waals surface area contributed by atoms with Crippen LogP contribution in [-0.4, -0.2) is 6.04 Å². The second-order valence-corrected chi connectivity index (χ2v) is 5.04. The van der Waals surface area contributed by atoms with Gasteiger partial charge in [-0.1, -0.05) is 32.6 Å². The summed E-state index contributed by atoms with van der Waals surface area (Å²) < 4.78 is 0. The minimum Gasteiger partial charge on any atom is -0.383 e. The lowest BCUT2D eigenvalue weighted by atomic mass is 10.1. The van der Waals surface area contributed by atoms with Crippen LogP contribution in [0, 0.1) is 18.3 Å². The molecule has 0 saturated carbocycles. The number of nitriles is 1. The van der Waals surface area contributed by atoms with E-state index in [-0.39, 0.29) is 0 Å². The predicted molar refractivity (Wildman–Crippen MR) is 77.7 cm³/mol. The molecule has 0 fully saturated rings. The molecule has 1 rings (SSSR count). The summed E-state index contributed by atoms with van der Waals surface area (Å²) in [6.07, 6.45) is 6.45. The van der Waals surface area contributed by atoms with Crippen molar-refractivity contribution in [3.05, 3.63) is 29.3 Å². The van der Waals surface area contributed by atoms with Crippen molar-refractivity contribution in [2.45, 2.75) is 58.9 Å². The van der Waals surface area contributed by atoms with Crippen LogP contribution in [0.1, 0.15) is 57.1 Å². The standard InChI is InChI=1S/C16H24N2/c1-4-5-6-7-8-14(3)18-16-10-9-15(12-17)13(2)11-16/h9-11,14,18H,4-8H2,1-3H3. The van der Waals surface area contributed by atoms with Gasteiger partial charge in [-0.25, -0.2) is 0 Å². The first-order valence-electron chi connectivity index (χ1n) is 6.94. The molecule has 0 amide bonds. The number of hydrogen-bond acceptors (Lipinski definition) is 2. The van der Waals surface area contributed by atoms with Crippen molar-refractivity contribution >= 4 is 5.69 Å². The fraction of sp³-hybridized carbons (Fsp3) is 0.562. The van der Waals surface area contributed by atoms with Crippen LogP contribution in [0.2, 0.25) is 0 Å². The van der Waals surface area contributed by atoms with Gasteiger partial charge in [0.25, 0.3) is 0 Å². The molecule has 1 unspecified atom stereocenters. The summed E-state index contributed by atoms with van der Waals surface area (Å²) in [7, 11) is 0. The Labute approximate surface area is 111 Å². The molecule has 1 atom stereocenters. The molecular weight excluding hydrogens is 220 g/mol. The zero-order chi connectivity index (χ0) is 13.4. The number of aryl methyl sites for hydroxylation is 1. The van der Waals surface area contributed by atoms with Crippen LogP contribution >= 0.6 is 0 Å². The van der Waals surface area contributed by atoms with Crippen molar-refractivity contribution in [2.75, 3.05) is 5.32 Å². The molecule has 0 bridgehead atoms. The number of unbranched alkanes of at least 4 members (excludes halogenated alkanes) is 3. The summed E-state index contributed by atoms with van der Waals surface area (Å²) in [5.74, 6) is 0. The third-order valence-corrected chi connectivity index (χ3v) is 3.25. The maximum atomic E-state index is 8.89. The monoisotopic (exact) mass is 244 g/mol. The average molecular weight is 244 g/mol. The molecule has 1 aromatic rings. The zero-order valence-electron chi connectivity index (χ0n) is 11.8. The Bertz CT molecular complexity index is 404.